The summed E-state index contributed by atoms with van der Waals surface area (Å²) in [4.78, 5) is 0. The van der Waals surface area contributed by atoms with Crippen LogP contribution in [0.3, 0.4) is 0 Å². The highest BCUT2D eigenvalue weighted by atomic mass is 79.9. The van der Waals surface area contributed by atoms with Crippen molar-refractivity contribution in [3.8, 4) is 0 Å². The molecule has 19 heavy (non-hydrogen) atoms. The zero-order valence-electron chi connectivity index (χ0n) is 10.9. The van der Waals surface area contributed by atoms with Crippen LogP contribution >= 0.6 is 15.9 Å². The molecular weight excluding hydrogens is 311 g/mol. The molecule has 0 aliphatic heterocycles. The van der Waals surface area contributed by atoms with E-state index in [0.29, 0.717) is 16.6 Å². The number of rotatable bonds is 5. The van der Waals surface area contributed by atoms with E-state index in [2.05, 4.69) is 31.6 Å². The Morgan fingerprint density at radius 2 is 2.16 bits per heavy atom. The first kappa shape index (κ1) is 14.1. The van der Waals surface area contributed by atoms with Gasteiger partial charge in [-0.1, -0.05) is 30.3 Å². The van der Waals surface area contributed by atoms with Crippen LogP contribution in [0.5, 0.6) is 0 Å². The first-order chi connectivity index (χ1) is 9.13. The van der Waals surface area contributed by atoms with Gasteiger partial charge < -0.3 is 5.32 Å². The molecule has 0 bridgehead atoms. The predicted molar refractivity (Wildman–Crippen MR) is 75.2 cm³/mol. The highest BCUT2D eigenvalue weighted by Gasteiger charge is 2.20. The number of likely N-dealkylation sites (N-methyl/N-ethyl adjacent to an activating group) is 1. The van der Waals surface area contributed by atoms with Crippen molar-refractivity contribution < 1.29 is 4.39 Å². The van der Waals surface area contributed by atoms with Crippen molar-refractivity contribution in [1.29, 1.82) is 0 Å². The van der Waals surface area contributed by atoms with E-state index < -0.39 is 0 Å². The molecule has 0 saturated heterocycles. The topological polar surface area (TPSA) is 42.7 Å². The van der Waals surface area contributed by atoms with Gasteiger partial charge in [-0.05, 0) is 40.5 Å². The van der Waals surface area contributed by atoms with Crippen LogP contribution in [0.15, 0.2) is 28.9 Å². The lowest BCUT2D eigenvalue weighted by molar-refractivity contribution is 0.492. The van der Waals surface area contributed by atoms with E-state index in [1.807, 2.05) is 20.0 Å². The summed E-state index contributed by atoms with van der Waals surface area (Å²) in [5.74, 6) is -0.184. The van der Waals surface area contributed by atoms with Gasteiger partial charge in [0.1, 0.15) is 5.82 Å². The Morgan fingerprint density at radius 1 is 1.42 bits per heavy atom. The number of aromatic nitrogens is 3. The number of aryl methyl sites for hydroxylation is 1. The molecule has 2 rings (SSSR count). The monoisotopic (exact) mass is 326 g/mol. The lowest BCUT2D eigenvalue weighted by Crippen LogP contribution is -2.25. The quantitative estimate of drug-likeness (QED) is 0.918. The summed E-state index contributed by atoms with van der Waals surface area (Å²) in [5, 5.41) is 11.3. The summed E-state index contributed by atoms with van der Waals surface area (Å²) in [7, 11) is 1.83. The Morgan fingerprint density at radius 3 is 2.74 bits per heavy atom. The fourth-order valence-electron chi connectivity index (χ4n) is 2.10. The molecule has 1 atom stereocenters. The Balaban J connectivity index is 2.29. The SMILES string of the molecule is CCNC(Cc1ccccc1F)c1c(Br)nnn1C. The Bertz CT molecular complexity index is 536. The number of hydrogen-bond donors (Lipinski definition) is 1. The number of nitrogens with one attached hydrogen (secondary N) is 1. The maximum absolute atomic E-state index is 13.8. The highest BCUT2D eigenvalue weighted by molar-refractivity contribution is 9.10. The minimum absolute atomic E-state index is 0.0312. The van der Waals surface area contributed by atoms with Gasteiger partial charge in [-0.2, -0.15) is 0 Å². The molecule has 0 aliphatic rings. The standard InChI is InChI=1S/C13H16BrFN4/c1-3-16-11(12-13(14)17-18-19(12)2)8-9-6-4-5-7-10(9)15/h4-7,11,16H,3,8H2,1-2H3. The molecule has 2 aromatic rings. The smallest absolute Gasteiger partial charge is 0.153 e. The number of hydrogen-bond acceptors (Lipinski definition) is 3. The lowest BCUT2D eigenvalue weighted by Gasteiger charge is -2.18. The second-order valence-electron chi connectivity index (χ2n) is 4.29. The molecular formula is C13H16BrFN4. The fraction of sp³-hybridized carbons (Fsp3) is 0.385. The molecule has 1 unspecified atom stereocenters. The first-order valence-corrected chi connectivity index (χ1v) is 6.94. The van der Waals surface area contributed by atoms with Crippen LogP contribution in [0.4, 0.5) is 4.39 Å². The summed E-state index contributed by atoms with van der Waals surface area (Å²) in [6.07, 6.45) is 0.556. The van der Waals surface area contributed by atoms with E-state index in [-0.39, 0.29) is 11.9 Å². The van der Waals surface area contributed by atoms with Gasteiger partial charge in [0, 0.05) is 7.05 Å². The van der Waals surface area contributed by atoms with E-state index in [4.69, 9.17) is 0 Å². The van der Waals surface area contributed by atoms with Crippen molar-refractivity contribution >= 4 is 15.9 Å². The molecule has 0 saturated carbocycles. The second kappa shape index (κ2) is 6.25. The molecule has 0 amide bonds. The summed E-state index contributed by atoms with van der Waals surface area (Å²) in [5.41, 5.74) is 1.60. The third kappa shape index (κ3) is 3.19. The van der Waals surface area contributed by atoms with Gasteiger partial charge in [0.25, 0.3) is 0 Å². The van der Waals surface area contributed by atoms with E-state index in [1.54, 1.807) is 16.8 Å². The first-order valence-electron chi connectivity index (χ1n) is 6.15. The molecule has 0 aliphatic carbocycles. The molecule has 1 heterocycles. The molecule has 0 fully saturated rings. The van der Waals surface area contributed by atoms with Gasteiger partial charge in [-0.25, -0.2) is 9.07 Å². The number of benzene rings is 1. The lowest BCUT2D eigenvalue weighted by atomic mass is 10.0. The molecule has 0 spiro atoms. The van der Waals surface area contributed by atoms with Crippen molar-refractivity contribution in [2.75, 3.05) is 6.54 Å². The van der Waals surface area contributed by atoms with E-state index in [1.165, 1.54) is 6.07 Å². The van der Waals surface area contributed by atoms with Gasteiger partial charge >= 0.3 is 0 Å². The van der Waals surface area contributed by atoms with Crippen molar-refractivity contribution in [2.24, 2.45) is 7.05 Å². The minimum atomic E-state index is -0.184. The van der Waals surface area contributed by atoms with Gasteiger partial charge in [-0.15, -0.1) is 5.10 Å². The Labute approximate surface area is 120 Å². The number of nitrogens with zero attached hydrogens (tertiary/aromatic N) is 3. The van der Waals surface area contributed by atoms with Crippen molar-refractivity contribution in [1.82, 2.24) is 20.3 Å². The van der Waals surface area contributed by atoms with Gasteiger partial charge in [0.2, 0.25) is 0 Å². The Hall–Kier alpha value is -1.27. The van der Waals surface area contributed by atoms with Gasteiger partial charge in [0.05, 0.1) is 11.7 Å². The normalized spacial score (nSPS) is 12.6. The van der Waals surface area contributed by atoms with Crippen LogP contribution in [0.2, 0.25) is 0 Å². The van der Waals surface area contributed by atoms with E-state index in [9.17, 15) is 4.39 Å². The van der Waals surface area contributed by atoms with Crippen LogP contribution in [0.1, 0.15) is 24.2 Å². The molecule has 1 aromatic carbocycles. The molecule has 1 N–H and O–H groups in total. The van der Waals surface area contributed by atoms with Crippen LogP contribution in [-0.2, 0) is 13.5 Å². The average molecular weight is 327 g/mol. The maximum Gasteiger partial charge on any atom is 0.153 e. The Kier molecular flexibility index (Phi) is 4.66. The number of halogens is 2. The van der Waals surface area contributed by atoms with Crippen LogP contribution in [0, 0.1) is 5.82 Å². The average Bonchev–Trinajstić information content (AvgIpc) is 2.71. The molecule has 6 heteroatoms. The van der Waals surface area contributed by atoms with Gasteiger partial charge in [-0.3, -0.25) is 0 Å². The zero-order chi connectivity index (χ0) is 13.8. The summed E-state index contributed by atoms with van der Waals surface area (Å²) >= 11 is 3.39. The van der Waals surface area contributed by atoms with Crippen molar-refractivity contribution in [3.63, 3.8) is 0 Å². The summed E-state index contributed by atoms with van der Waals surface area (Å²) in [6.45, 7) is 2.81. The summed E-state index contributed by atoms with van der Waals surface area (Å²) < 4.78 is 16.2. The van der Waals surface area contributed by atoms with E-state index >= 15 is 0 Å². The largest absolute Gasteiger partial charge is 0.309 e. The van der Waals surface area contributed by atoms with Gasteiger partial charge in [0.15, 0.2) is 4.60 Å². The zero-order valence-corrected chi connectivity index (χ0v) is 12.5. The highest BCUT2D eigenvalue weighted by Crippen LogP contribution is 2.24. The molecule has 0 radical (unpaired) electrons. The predicted octanol–water partition coefficient (Wildman–Crippen LogP) is 2.61. The maximum atomic E-state index is 13.8. The summed E-state index contributed by atoms with van der Waals surface area (Å²) in [6, 6.07) is 6.80. The van der Waals surface area contributed by atoms with Crippen LogP contribution < -0.4 is 5.32 Å². The molecule has 1 aromatic heterocycles. The second-order valence-corrected chi connectivity index (χ2v) is 5.05. The van der Waals surface area contributed by atoms with Crippen molar-refractivity contribution in [2.45, 2.75) is 19.4 Å². The molecule has 102 valence electrons. The van der Waals surface area contributed by atoms with E-state index in [0.717, 1.165) is 12.2 Å². The fourth-order valence-corrected chi connectivity index (χ4v) is 2.71. The third-order valence-corrected chi connectivity index (χ3v) is 3.55. The third-order valence-electron chi connectivity index (χ3n) is 2.99. The minimum Gasteiger partial charge on any atom is -0.309 e. The van der Waals surface area contributed by atoms with Crippen LogP contribution in [0.25, 0.3) is 0 Å². The van der Waals surface area contributed by atoms with Crippen LogP contribution in [-0.4, -0.2) is 21.5 Å². The molecule has 4 nitrogen and oxygen atoms in total. The van der Waals surface area contributed by atoms with Crippen molar-refractivity contribution in [3.05, 3.63) is 45.9 Å².